The molecule has 0 saturated heterocycles. The van der Waals surface area contributed by atoms with Crippen molar-refractivity contribution in [2.45, 2.75) is 58.3 Å². The van der Waals surface area contributed by atoms with Crippen molar-refractivity contribution in [2.75, 3.05) is 11.0 Å². The highest BCUT2D eigenvalue weighted by atomic mass is 127. The molecular weight excluding hydrogens is 327 g/mol. The maximum absolute atomic E-state index is 5.90. The van der Waals surface area contributed by atoms with Crippen LogP contribution in [0.1, 0.15) is 46.0 Å². The fourth-order valence-corrected chi connectivity index (χ4v) is 1.86. The zero-order chi connectivity index (χ0) is 12.9. The molecular formula is C14H25IO2. The van der Waals surface area contributed by atoms with E-state index in [4.69, 9.17) is 9.47 Å². The third-order valence-corrected chi connectivity index (χ3v) is 3.12. The zero-order valence-corrected chi connectivity index (χ0v) is 13.2. The summed E-state index contributed by atoms with van der Waals surface area (Å²) >= 11 is 2.30. The normalized spacial score (nSPS) is 14.1. The van der Waals surface area contributed by atoms with Crippen LogP contribution in [0.4, 0.5) is 0 Å². The van der Waals surface area contributed by atoms with Gasteiger partial charge in [0.2, 0.25) is 0 Å². The van der Waals surface area contributed by atoms with Crippen LogP contribution in [0.15, 0.2) is 18.4 Å². The Bertz CT molecular complexity index is 212. The van der Waals surface area contributed by atoms with Gasteiger partial charge in [-0.25, -0.2) is 0 Å². The molecule has 0 bridgehead atoms. The number of rotatable bonds is 11. The van der Waals surface area contributed by atoms with Crippen molar-refractivity contribution in [2.24, 2.45) is 0 Å². The molecule has 0 aromatic carbocycles. The number of unbranched alkanes of at least 4 members (excludes halogenated alkanes) is 2. The van der Waals surface area contributed by atoms with Gasteiger partial charge < -0.3 is 9.47 Å². The van der Waals surface area contributed by atoms with Gasteiger partial charge in [-0.3, -0.25) is 0 Å². The Hall–Kier alpha value is 0.170. The van der Waals surface area contributed by atoms with Gasteiger partial charge in [0.05, 0.1) is 10.5 Å². The van der Waals surface area contributed by atoms with Crippen molar-refractivity contribution in [1.29, 1.82) is 0 Å². The molecule has 0 heterocycles. The monoisotopic (exact) mass is 352 g/mol. The summed E-state index contributed by atoms with van der Waals surface area (Å²) < 4.78 is 12.4. The first-order chi connectivity index (χ1) is 8.28. The van der Waals surface area contributed by atoms with Gasteiger partial charge in [0, 0.05) is 6.61 Å². The van der Waals surface area contributed by atoms with E-state index in [0.717, 1.165) is 36.7 Å². The fraction of sp³-hybridized carbons (Fsp3) is 0.786. The SMILES string of the molecule is C=C=CC(CCCC)OC(CI)OCCCC. The van der Waals surface area contributed by atoms with E-state index in [1.807, 2.05) is 6.08 Å². The Kier molecular flexibility index (Phi) is 12.7. The standard InChI is InChI=1S/C14H25IO2/c1-4-7-10-13(9-6-3)17-14(12-15)16-11-8-5-2/h9,13-14H,3-5,7-8,10-12H2,1-2H3. The Balaban J connectivity index is 4.03. The van der Waals surface area contributed by atoms with Crippen LogP contribution < -0.4 is 0 Å². The van der Waals surface area contributed by atoms with Crippen molar-refractivity contribution in [3.63, 3.8) is 0 Å². The Morgan fingerprint density at radius 1 is 1.29 bits per heavy atom. The lowest BCUT2D eigenvalue weighted by Gasteiger charge is -2.21. The topological polar surface area (TPSA) is 18.5 Å². The molecule has 2 atom stereocenters. The molecule has 0 radical (unpaired) electrons. The van der Waals surface area contributed by atoms with Crippen LogP contribution in [-0.4, -0.2) is 23.4 Å². The Morgan fingerprint density at radius 3 is 2.53 bits per heavy atom. The van der Waals surface area contributed by atoms with Crippen LogP contribution in [0.3, 0.4) is 0 Å². The maximum atomic E-state index is 5.90. The van der Waals surface area contributed by atoms with Gasteiger partial charge in [0.15, 0.2) is 6.29 Å². The minimum Gasteiger partial charge on any atom is -0.352 e. The van der Waals surface area contributed by atoms with Gasteiger partial charge in [-0.1, -0.05) is 62.3 Å². The molecule has 0 fully saturated rings. The highest BCUT2D eigenvalue weighted by molar-refractivity contribution is 14.1. The highest BCUT2D eigenvalue weighted by Crippen LogP contribution is 2.12. The highest BCUT2D eigenvalue weighted by Gasteiger charge is 2.13. The molecule has 0 saturated carbocycles. The van der Waals surface area contributed by atoms with E-state index in [9.17, 15) is 0 Å². The summed E-state index contributed by atoms with van der Waals surface area (Å²) in [7, 11) is 0. The Morgan fingerprint density at radius 2 is 2.00 bits per heavy atom. The summed E-state index contributed by atoms with van der Waals surface area (Å²) in [5.41, 5.74) is 2.82. The van der Waals surface area contributed by atoms with E-state index in [0.29, 0.717) is 0 Å². The van der Waals surface area contributed by atoms with Crippen molar-refractivity contribution in [3.05, 3.63) is 18.4 Å². The third-order valence-electron chi connectivity index (χ3n) is 2.40. The quantitative estimate of drug-likeness (QED) is 0.179. The van der Waals surface area contributed by atoms with Crippen LogP contribution in [0.25, 0.3) is 0 Å². The summed E-state index contributed by atoms with van der Waals surface area (Å²) in [6.45, 7) is 8.74. The van der Waals surface area contributed by atoms with Crippen molar-refractivity contribution in [1.82, 2.24) is 0 Å². The second-order valence-electron chi connectivity index (χ2n) is 4.00. The molecule has 0 aromatic rings. The molecule has 0 amide bonds. The van der Waals surface area contributed by atoms with Gasteiger partial charge in [0.1, 0.15) is 0 Å². The predicted octanol–water partition coefficient (Wildman–Crippen LogP) is 4.48. The number of ether oxygens (including phenoxy) is 2. The lowest BCUT2D eigenvalue weighted by Crippen LogP contribution is -2.25. The lowest BCUT2D eigenvalue weighted by atomic mass is 10.1. The maximum Gasteiger partial charge on any atom is 0.167 e. The van der Waals surface area contributed by atoms with Crippen LogP contribution in [-0.2, 0) is 9.47 Å². The minimum absolute atomic E-state index is 0.0915. The fourth-order valence-electron chi connectivity index (χ4n) is 1.40. The van der Waals surface area contributed by atoms with E-state index in [2.05, 4.69) is 48.7 Å². The molecule has 0 aliphatic carbocycles. The molecule has 100 valence electrons. The van der Waals surface area contributed by atoms with Crippen LogP contribution in [0.5, 0.6) is 0 Å². The first-order valence-corrected chi connectivity index (χ1v) is 7.99. The summed E-state index contributed by atoms with van der Waals surface area (Å²) in [4.78, 5) is 0. The van der Waals surface area contributed by atoms with Gasteiger partial charge in [0.25, 0.3) is 0 Å². The van der Waals surface area contributed by atoms with Crippen molar-refractivity contribution in [3.8, 4) is 0 Å². The molecule has 2 unspecified atom stereocenters. The first-order valence-electron chi connectivity index (χ1n) is 6.47. The molecule has 2 nitrogen and oxygen atoms in total. The van der Waals surface area contributed by atoms with E-state index in [-0.39, 0.29) is 12.4 Å². The Labute approximate surface area is 120 Å². The average molecular weight is 352 g/mol. The van der Waals surface area contributed by atoms with Crippen molar-refractivity contribution >= 4 is 22.6 Å². The number of halogens is 1. The number of hydrogen-bond donors (Lipinski definition) is 0. The van der Waals surface area contributed by atoms with Crippen LogP contribution in [0.2, 0.25) is 0 Å². The van der Waals surface area contributed by atoms with E-state index in [1.165, 1.54) is 6.42 Å². The van der Waals surface area contributed by atoms with Gasteiger partial charge in [-0.05, 0) is 18.9 Å². The molecule has 0 N–H and O–H groups in total. The molecule has 0 aliphatic heterocycles. The number of alkyl halides is 1. The second kappa shape index (κ2) is 12.6. The second-order valence-corrected chi connectivity index (χ2v) is 4.88. The van der Waals surface area contributed by atoms with E-state index >= 15 is 0 Å². The molecule has 0 aliphatic rings. The van der Waals surface area contributed by atoms with Gasteiger partial charge in [-0.2, -0.15) is 0 Å². The lowest BCUT2D eigenvalue weighted by molar-refractivity contribution is -0.145. The van der Waals surface area contributed by atoms with Gasteiger partial charge in [-0.15, -0.1) is 5.73 Å². The summed E-state index contributed by atoms with van der Waals surface area (Å²) in [5, 5.41) is 0. The van der Waals surface area contributed by atoms with E-state index in [1.54, 1.807) is 0 Å². The summed E-state index contributed by atoms with van der Waals surface area (Å²) in [6.07, 6.45) is 7.49. The third kappa shape index (κ3) is 9.83. The van der Waals surface area contributed by atoms with E-state index < -0.39 is 0 Å². The van der Waals surface area contributed by atoms with Crippen molar-refractivity contribution < 1.29 is 9.47 Å². The zero-order valence-electron chi connectivity index (χ0n) is 11.1. The molecule has 0 aromatic heterocycles. The first kappa shape index (κ1) is 17.2. The molecule has 0 rings (SSSR count). The van der Waals surface area contributed by atoms with Crippen LogP contribution in [0, 0.1) is 0 Å². The average Bonchev–Trinajstić information content (AvgIpc) is 2.35. The predicted molar refractivity (Wildman–Crippen MR) is 81.6 cm³/mol. The summed E-state index contributed by atoms with van der Waals surface area (Å²) in [5.74, 6) is 0. The largest absolute Gasteiger partial charge is 0.352 e. The minimum atomic E-state index is -0.103. The number of hydrogen-bond acceptors (Lipinski definition) is 2. The van der Waals surface area contributed by atoms with Gasteiger partial charge >= 0.3 is 0 Å². The van der Waals surface area contributed by atoms with Crippen LogP contribution >= 0.6 is 22.6 Å². The summed E-state index contributed by atoms with van der Waals surface area (Å²) in [6, 6.07) is 0. The molecule has 3 heteroatoms. The molecule has 17 heavy (non-hydrogen) atoms. The smallest absolute Gasteiger partial charge is 0.167 e. The molecule has 0 spiro atoms.